The minimum Gasteiger partial charge on any atom is -0.348 e. The molecule has 0 unspecified atom stereocenters. The fraction of sp³-hybridized carbons (Fsp3) is 0.231. The van der Waals surface area contributed by atoms with Crippen molar-refractivity contribution in [3.8, 4) is 5.69 Å². The second kappa shape index (κ2) is 9.24. The lowest BCUT2D eigenvalue weighted by Crippen LogP contribution is -2.21. The molecule has 0 bridgehead atoms. The first kappa shape index (κ1) is 22.2. The molecule has 0 saturated carbocycles. The molecular weight excluding hydrogens is 416 g/mol. The number of Topliss-reactive ketones (excluding diaryl/α,β-unsaturated/α-hetero) is 1. The van der Waals surface area contributed by atoms with Crippen LogP contribution < -0.4 is 10.9 Å². The Balaban J connectivity index is 1.49. The number of carbonyl (C=O) groups excluding carboxylic acids is 2. The number of benzene rings is 2. The quantitative estimate of drug-likeness (QED) is 0.429. The largest absolute Gasteiger partial charge is 0.348 e. The minimum absolute atomic E-state index is 0.0439. The summed E-state index contributed by atoms with van der Waals surface area (Å²) in [6.45, 7) is 6.00. The summed E-state index contributed by atoms with van der Waals surface area (Å²) in [5.41, 5.74) is 3.57. The number of rotatable bonds is 7. The Morgan fingerprint density at radius 2 is 1.76 bits per heavy atom. The van der Waals surface area contributed by atoms with E-state index in [4.69, 9.17) is 0 Å². The lowest BCUT2D eigenvalue weighted by atomic mass is 10.1. The van der Waals surface area contributed by atoms with Gasteiger partial charge in [-0.2, -0.15) is 9.78 Å². The van der Waals surface area contributed by atoms with E-state index in [2.05, 4.69) is 15.0 Å². The second-order valence-corrected chi connectivity index (χ2v) is 8.10. The van der Waals surface area contributed by atoms with Crippen LogP contribution in [0.15, 0.2) is 65.6 Å². The highest BCUT2D eigenvalue weighted by Gasteiger charge is 2.17. The van der Waals surface area contributed by atoms with Crippen LogP contribution in [-0.4, -0.2) is 26.0 Å². The van der Waals surface area contributed by atoms with Crippen LogP contribution in [0, 0.1) is 13.8 Å². The van der Waals surface area contributed by atoms with Gasteiger partial charge >= 0.3 is 0 Å². The number of carbonyl (C=O) groups is 2. The molecule has 0 aliphatic heterocycles. The summed E-state index contributed by atoms with van der Waals surface area (Å²) in [6.07, 6.45) is 2.67. The molecule has 1 amide bonds. The third kappa shape index (κ3) is 4.48. The first-order valence-electron chi connectivity index (χ1n) is 10.9. The van der Waals surface area contributed by atoms with Gasteiger partial charge < -0.3 is 9.88 Å². The van der Waals surface area contributed by atoms with Gasteiger partial charge in [0.1, 0.15) is 0 Å². The first-order chi connectivity index (χ1) is 15.9. The lowest BCUT2D eigenvalue weighted by molar-refractivity contribution is -0.116. The molecule has 4 aromatic rings. The van der Waals surface area contributed by atoms with Crippen LogP contribution in [0.4, 0.5) is 5.69 Å². The Kier molecular flexibility index (Phi) is 6.22. The van der Waals surface area contributed by atoms with Gasteiger partial charge in [0.25, 0.3) is 5.56 Å². The van der Waals surface area contributed by atoms with Crippen molar-refractivity contribution in [2.75, 3.05) is 5.32 Å². The molecule has 4 rings (SSSR count). The fourth-order valence-corrected chi connectivity index (χ4v) is 4.14. The molecule has 0 aliphatic carbocycles. The van der Waals surface area contributed by atoms with Crippen LogP contribution in [0.5, 0.6) is 0 Å². The first-order valence-corrected chi connectivity index (χ1v) is 10.9. The van der Waals surface area contributed by atoms with Crippen LogP contribution in [0.25, 0.3) is 16.5 Å². The number of ketones is 1. The number of aryl methyl sites for hydroxylation is 2. The second-order valence-electron chi connectivity index (χ2n) is 8.10. The molecule has 0 saturated heterocycles. The number of nitrogens with zero attached hydrogens (tertiary/aromatic N) is 3. The molecule has 0 fully saturated rings. The van der Waals surface area contributed by atoms with E-state index in [0.29, 0.717) is 36.0 Å². The van der Waals surface area contributed by atoms with Crippen molar-refractivity contribution in [2.45, 2.75) is 40.2 Å². The summed E-state index contributed by atoms with van der Waals surface area (Å²) in [5.74, 6) is -0.159. The van der Waals surface area contributed by atoms with Gasteiger partial charge in [-0.15, -0.1) is 0 Å². The highest BCUT2D eigenvalue weighted by atomic mass is 16.2. The maximum Gasteiger partial charge on any atom is 0.281 e. The molecule has 0 radical (unpaired) electrons. The highest BCUT2D eigenvalue weighted by Crippen LogP contribution is 2.23. The molecule has 33 heavy (non-hydrogen) atoms. The smallest absolute Gasteiger partial charge is 0.281 e. The van der Waals surface area contributed by atoms with E-state index in [-0.39, 0.29) is 17.2 Å². The van der Waals surface area contributed by atoms with Crippen LogP contribution in [-0.2, 0) is 11.3 Å². The van der Waals surface area contributed by atoms with Crippen molar-refractivity contribution >= 4 is 28.2 Å². The van der Waals surface area contributed by atoms with Gasteiger partial charge in [0.15, 0.2) is 5.78 Å². The number of para-hydroxylation sites is 1. The summed E-state index contributed by atoms with van der Waals surface area (Å²) in [4.78, 5) is 37.1. The Labute approximate surface area is 191 Å². The zero-order chi connectivity index (χ0) is 23.5. The van der Waals surface area contributed by atoms with Crippen molar-refractivity contribution in [2.24, 2.45) is 0 Å². The van der Waals surface area contributed by atoms with E-state index < -0.39 is 0 Å². The Morgan fingerprint density at radius 3 is 2.48 bits per heavy atom. The van der Waals surface area contributed by atoms with E-state index >= 15 is 0 Å². The van der Waals surface area contributed by atoms with E-state index in [1.54, 1.807) is 30.5 Å². The molecule has 168 valence electrons. The zero-order valence-corrected chi connectivity index (χ0v) is 19.0. The minimum atomic E-state index is -0.152. The molecule has 2 aromatic heterocycles. The molecule has 2 aromatic carbocycles. The van der Waals surface area contributed by atoms with Crippen molar-refractivity contribution in [3.05, 3.63) is 88.1 Å². The third-order valence-electron chi connectivity index (χ3n) is 5.88. The third-order valence-corrected chi connectivity index (χ3v) is 5.88. The summed E-state index contributed by atoms with van der Waals surface area (Å²) >= 11 is 0. The van der Waals surface area contributed by atoms with Crippen molar-refractivity contribution in [3.63, 3.8) is 0 Å². The van der Waals surface area contributed by atoms with Gasteiger partial charge in [0.2, 0.25) is 5.91 Å². The summed E-state index contributed by atoms with van der Waals surface area (Å²) in [5, 5.41) is 8.70. The van der Waals surface area contributed by atoms with Gasteiger partial charge in [0, 0.05) is 41.0 Å². The van der Waals surface area contributed by atoms with Gasteiger partial charge in [-0.25, -0.2) is 0 Å². The molecule has 0 atom stereocenters. The standard InChI is InChI=1S/C26H26N4O3/c1-17-23-16-27-30(22-11-5-4-6-12-22)26(33)25(23)18(2)29(17)14-8-13-24(32)28-21-10-7-9-20(15-21)19(3)31/h4-7,9-12,15-16H,8,13-14H2,1-3H3,(H,28,32). The van der Waals surface area contributed by atoms with E-state index in [0.717, 1.165) is 22.5 Å². The number of anilines is 1. The summed E-state index contributed by atoms with van der Waals surface area (Å²) in [7, 11) is 0. The van der Waals surface area contributed by atoms with E-state index in [1.165, 1.54) is 11.6 Å². The number of fused-ring (bicyclic) bond motifs is 1. The van der Waals surface area contributed by atoms with Crippen LogP contribution in [0.1, 0.15) is 41.5 Å². The molecular formula is C26H26N4O3. The maximum atomic E-state index is 13.2. The Bertz CT molecular complexity index is 1400. The highest BCUT2D eigenvalue weighted by molar-refractivity contribution is 5.97. The number of hydrogen-bond acceptors (Lipinski definition) is 4. The molecule has 1 N–H and O–H groups in total. The molecule has 2 heterocycles. The molecule has 7 heteroatoms. The van der Waals surface area contributed by atoms with Gasteiger partial charge in [-0.3, -0.25) is 14.4 Å². The number of nitrogens with one attached hydrogen (secondary N) is 1. The average molecular weight is 443 g/mol. The zero-order valence-electron chi connectivity index (χ0n) is 19.0. The van der Waals surface area contributed by atoms with E-state index in [9.17, 15) is 14.4 Å². The Hall–Kier alpha value is -4.00. The SMILES string of the molecule is CC(=O)c1cccc(NC(=O)CCCn2c(C)c3cnn(-c4ccccc4)c(=O)c3c2C)c1. The lowest BCUT2D eigenvalue weighted by Gasteiger charge is -2.10. The van der Waals surface area contributed by atoms with Crippen molar-refractivity contribution in [1.29, 1.82) is 0 Å². The van der Waals surface area contributed by atoms with Crippen LogP contribution >= 0.6 is 0 Å². The van der Waals surface area contributed by atoms with Crippen LogP contribution in [0.2, 0.25) is 0 Å². The average Bonchev–Trinajstić information content (AvgIpc) is 3.05. The predicted molar refractivity (Wildman–Crippen MR) is 129 cm³/mol. The Morgan fingerprint density at radius 1 is 1.00 bits per heavy atom. The number of amides is 1. The molecule has 0 spiro atoms. The van der Waals surface area contributed by atoms with E-state index in [1.807, 2.05) is 44.2 Å². The summed E-state index contributed by atoms with van der Waals surface area (Å²) in [6, 6.07) is 16.3. The number of hydrogen-bond donors (Lipinski definition) is 1. The monoisotopic (exact) mass is 442 g/mol. The normalized spacial score (nSPS) is 11.0. The molecule has 7 nitrogen and oxygen atoms in total. The van der Waals surface area contributed by atoms with Gasteiger partial charge in [-0.05, 0) is 51.5 Å². The van der Waals surface area contributed by atoms with Crippen molar-refractivity contribution < 1.29 is 9.59 Å². The fourth-order valence-electron chi connectivity index (χ4n) is 4.14. The van der Waals surface area contributed by atoms with Gasteiger partial charge in [-0.1, -0.05) is 30.3 Å². The van der Waals surface area contributed by atoms with Gasteiger partial charge in [0.05, 0.1) is 17.3 Å². The van der Waals surface area contributed by atoms with Crippen molar-refractivity contribution in [1.82, 2.24) is 14.3 Å². The molecule has 0 aliphatic rings. The van der Waals surface area contributed by atoms with Crippen LogP contribution in [0.3, 0.4) is 0 Å². The predicted octanol–water partition coefficient (Wildman–Crippen LogP) is 4.43. The number of aromatic nitrogens is 3. The maximum absolute atomic E-state index is 13.2. The topological polar surface area (TPSA) is 86.0 Å². The summed E-state index contributed by atoms with van der Waals surface area (Å²) < 4.78 is 3.49.